The van der Waals surface area contributed by atoms with E-state index in [-0.39, 0.29) is 6.61 Å². The minimum Gasteiger partial charge on any atom is -0.482 e. The number of pyridine rings is 1. The van der Waals surface area contributed by atoms with Crippen LogP contribution in [0.3, 0.4) is 0 Å². The molecule has 104 valence electrons. The van der Waals surface area contributed by atoms with Gasteiger partial charge in [-0.05, 0) is 42.3 Å². The zero-order valence-electron chi connectivity index (χ0n) is 11.3. The number of benzene rings is 1. The molecule has 0 saturated carbocycles. The van der Waals surface area contributed by atoms with Crippen molar-refractivity contribution in [2.24, 2.45) is 0 Å². The van der Waals surface area contributed by atoms with Gasteiger partial charge < -0.3 is 9.84 Å². The highest BCUT2D eigenvalue weighted by Gasteiger charge is 2.13. The molecule has 0 amide bonds. The van der Waals surface area contributed by atoms with Crippen LogP contribution in [0.2, 0.25) is 0 Å². The molecule has 0 aliphatic heterocycles. The first-order chi connectivity index (χ1) is 9.76. The third-order valence-electron chi connectivity index (χ3n) is 3.05. The maximum absolute atomic E-state index is 10.6. The lowest BCUT2D eigenvalue weighted by atomic mass is 10.1. The molecule has 0 aliphatic rings. The molecule has 0 aliphatic carbocycles. The summed E-state index contributed by atoms with van der Waals surface area (Å²) >= 11 is 0. The average molecular weight is 271 g/mol. The zero-order chi connectivity index (χ0) is 14.4. The SMILES string of the molecule is CCc1ccc(C(CO)Oc2ccc(C=O)cc2)nc1. The molecular formula is C16H17NO3. The van der Waals surface area contributed by atoms with Crippen molar-refractivity contribution >= 4 is 6.29 Å². The fourth-order valence-corrected chi connectivity index (χ4v) is 1.82. The molecule has 0 spiro atoms. The van der Waals surface area contributed by atoms with Gasteiger partial charge in [-0.2, -0.15) is 0 Å². The monoisotopic (exact) mass is 271 g/mol. The van der Waals surface area contributed by atoms with Crippen LogP contribution in [-0.2, 0) is 6.42 Å². The Morgan fingerprint density at radius 1 is 1.25 bits per heavy atom. The molecule has 0 saturated heterocycles. The van der Waals surface area contributed by atoms with Crippen LogP contribution in [0.1, 0.15) is 34.6 Å². The molecule has 1 atom stereocenters. The van der Waals surface area contributed by atoms with E-state index in [1.54, 1.807) is 30.5 Å². The van der Waals surface area contributed by atoms with Gasteiger partial charge in [0.05, 0.1) is 12.3 Å². The van der Waals surface area contributed by atoms with Gasteiger partial charge in [-0.3, -0.25) is 9.78 Å². The normalized spacial score (nSPS) is 11.9. The summed E-state index contributed by atoms with van der Waals surface area (Å²) in [6.07, 6.45) is 2.98. The molecule has 0 bridgehead atoms. The number of aldehydes is 1. The maximum atomic E-state index is 10.6. The van der Waals surface area contributed by atoms with Crippen molar-refractivity contribution in [2.45, 2.75) is 19.4 Å². The van der Waals surface area contributed by atoms with Gasteiger partial charge in [-0.1, -0.05) is 13.0 Å². The summed E-state index contributed by atoms with van der Waals surface area (Å²) < 4.78 is 5.69. The van der Waals surface area contributed by atoms with Crippen LogP contribution in [0.5, 0.6) is 5.75 Å². The summed E-state index contributed by atoms with van der Waals surface area (Å²) in [4.78, 5) is 14.9. The molecule has 2 aromatic rings. The summed E-state index contributed by atoms with van der Waals surface area (Å²) in [6.45, 7) is 1.90. The molecular weight excluding hydrogens is 254 g/mol. The minimum atomic E-state index is -0.511. The lowest BCUT2D eigenvalue weighted by Crippen LogP contribution is -2.13. The molecule has 0 fully saturated rings. The number of hydrogen-bond donors (Lipinski definition) is 1. The zero-order valence-corrected chi connectivity index (χ0v) is 11.3. The van der Waals surface area contributed by atoms with Gasteiger partial charge in [-0.25, -0.2) is 0 Å². The second kappa shape index (κ2) is 6.82. The lowest BCUT2D eigenvalue weighted by Gasteiger charge is -2.16. The number of aryl methyl sites for hydroxylation is 1. The Hall–Kier alpha value is -2.20. The molecule has 4 heteroatoms. The molecule has 1 heterocycles. The molecule has 2 rings (SSSR count). The number of ether oxygens (including phenoxy) is 1. The van der Waals surface area contributed by atoms with E-state index in [4.69, 9.17) is 4.74 Å². The third kappa shape index (κ3) is 3.42. The molecule has 4 nitrogen and oxygen atoms in total. The van der Waals surface area contributed by atoms with E-state index in [0.29, 0.717) is 17.0 Å². The van der Waals surface area contributed by atoms with Crippen LogP contribution >= 0.6 is 0 Å². The largest absolute Gasteiger partial charge is 0.482 e. The summed E-state index contributed by atoms with van der Waals surface area (Å²) in [5, 5.41) is 9.45. The van der Waals surface area contributed by atoms with Crippen LogP contribution in [0.25, 0.3) is 0 Å². The van der Waals surface area contributed by atoms with E-state index < -0.39 is 6.10 Å². The fourth-order valence-electron chi connectivity index (χ4n) is 1.82. The van der Waals surface area contributed by atoms with E-state index in [2.05, 4.69) is 11.9 Å². The van der Waals surface area contributed by atoms with Crippen molar-refractivity contribution in [2.75, 3.05) is 6.61 Å². The van der Waals surface area contributed by atoms with Crippen molar-refractivity contribution in [3.05, 3.63) is 59.4 Å². The Bertz CT molecular complexity index is 549. The lowest BCUT2D eigenvalue weighted by molar-refractivity contribution is 0.111. The second-order valence-corrected chi connectivity index (χ2v) is 4.42. The number of aromatic nitrogens is 1. The van der Waals surface area contributed by atoms with Gasteiger partial charge in [-0.15, -0.1) is 0 Å². The summed E-state index contributed by atoms with van der Waals surface area (Å²) in [6, 6.07) is 10.6. The van der Waals surface area contributed by atoms with Crippen LogP contribution in [-0.4, -0.2) is 23.0 Å². The fraction of sp³-hybridized carbons (Fsp3) is 0.250. The topological polar surface area (TPSA) is 59.4 Å². The van der Waals surface area contributed by atoms with Crippen LogP contribution < -0.4 is 4.74 Å². The quantitative estimate of drug-likeness (QED) is 0.820. The third-order valence-corrected chi connectivity index (χ3v) is 3.05. The number of nitrogens with zero attached hydrogens (tertiary/aromatic N) is 1. The van der Waals surface area contributed by atoms with Gasteiger partial charge in [0.1, 0.15) is 12.0 Å². The highest BCUT2D eigenvalue weighted by molar-refractivity contribution is 5.74. The highest BCUT2D eigenvalue weighted by Crippen LogP contribution is 2.21. The minimum absolute atomic E-state index is 0.159. The molecule has 1 unspecified atom stereocenters. The van der Waals surface area contributed by atoms with E-state index in [9.17, 15) is 9.90 Å². The van der Waals surface area contributed by atoms with Crippen LogP contribution in [0, 0.1) is 0 Å². The Balaban J connectivity index is 2.12. The van der Waals surface area contributed by atoms with Crippen LogP contribution in [0.4, 0.5) is 0 Å². The predicted octanol–water partition coefficient (Wildman–Crippen LogP) is 2.57. The molecule has 1 aromatic heterocycles. The predicted molar refractivity (Wildman–Crippen MR) is 75.9 cm³/mol. The van der Waals surface area contributed by atoms with Gasteiger partial charge in [0.15, 0.2) is 6.10 Å². The maximum Gasteiger partial charge on any atom is 0.163 e. The molecule has 1 aromatic carbocycles. The first-order valence-electron chi connectivity index (χ1n) is 6.54. The Labute approximate surface area is 118 Å². The highest BCUT2D eigenvalue weighted by atomic mass is 16.5. The number of aliphatic hydroxyl groups excluding tert-OH is 1. The van der Waals surface area contributed by atoms with Gasteiger partial charge in [0.2, 0.25) is 0 Å². The van der Waals surface area contributed by atoms with Gasteiger partial charge >= 0.3 is 0 Å². The van der Waals surface area contributed by atoms with E-state index in [0.717, 1.165) is 18.3 Å². The number of carbonyl (C=O) groups is 1. The van der Waals surface area contributed by atoms with Crippen molar-refractivity contribution in [1.82, 2.24) is 4.98 Å². The Morgan fingerprint density at radius 3 is 2.50 bits per heavy atom. The molecule has 0 radical (unpaired) electrons. The van der Waals surface area contributed by atoms with E-state index >= 15 is 0 Å². The van der Waals surface area contributed by atoms with Gasteiger partial charge in [0.25, 0.3) is 0 Å². The van der Waals surface area contributed by atoms with Crippen molar-refractivity contribution in [1.29, 1.82) is 0 Å². The standard InChI is InChI=1S/C16H17NO3/c1-2-12-5-8-15(17-9-12)16(11-19)20-14-6-3-13(10-18)4-7-14/h3-10,16,19H,2,11H2,1H3. The molecule has 1 N–H and O–H groups in total. The van der Waals surface area contributed by atoms with Gasteiger partial charge in [0, 0.05) is 11.8 Å². The average Bonchev–Trinajstić information content (AvgIpc) is 2.53. The van der Waals surface area contributed by atoms with Crippen LogP contribution in [0.15, 0.2) is 42.6 Å². The first kappa shape index (κ1) is 14.2. The number of hydrogen-bond acceptors (Lipinski definition) is 4. The summed E-state index contributed by atoms with van der Waals surface area (Å²) in [5.74, 6) is 0.594. The van der Waals surface area contributed by atoms with E-state index in [1.807, 2.05) is 12.1 Å². The Kier molecular flexibility index (Phi) is 4.85. The molecule has 20 heavy (non-hydrogen) atoms. The summed E-state index contributed by atoms with van der Waals surface area (Å²) in [5.41, 5.74) is 2.41. The summed E-state index contributed by atoms with van der Waals surface area (Å²) in [7, 11) is 0. The van der Waals surface area contributed by atoms with Crippen molar-refractivity contribution < 1.29 is 14.6 Å². The van der Waals surface area contributed by atoms with Crippen molar-refractivity contribution in [3.8, 4) is 5.75 Å². The Morgan fingerprint density at radius 2 is 2.00 bits per heavy atom. The van der Waals surface area contributed by atoms with Crippen molar-refractivity contribution in [3.63, 3.8) is 0 Å². The second-order valence-electron chi connectivity index (χ2n) is 4.42. The first-order valence-corrected chi connectivity index (χ1v) is 6.54. The number of aliphatic hydroxyl groups is 1. The number of carbonyl (C=O) groups excluding carboxylic acids is 1. The van der Waals surface area contributed by atoms with E-state index in [1.165, 1.54) is 0 Å². The smallest absolute Gasteiger partial charge is 0.163 e. The number of rotatable bonds is 6.